The first-order valence-corrected chi connectivity index (χ1v) is 13.9. The molecule has 0 unspecified atom stereocenters. The smallest absolute Gasteiger partial charge is 0.344 e. The van der Waals surface area contributed by atoms with Crippen LogP contribution in [-0.4, -0.2) is 51.2 Å². The van der Waals surface area contributed by atoms with Crippen LogP contribution in [0.4, 0.5) is 5.69 Å². The molecule has 2 aromatic carbocycles. The van der Waals surface area contributed by atoms with Crippen LogP contribution in [0, 0.1) is 0 Å². The zero-order chi connectivity index (χ0) is 26.5. The molecule has 8 heteroatoms. The average molecular weight is 530 g/mol. The number of fused-ring (bicyclic) bond motifs is 1. The Bertz CT molecular complexity index is 1430. The molecule has 38 heavy (non-hydrogen) atoms. The van der Waals surface area contributed by atoms with Crippen molar-refractivity contribution in [3.8, 4) is 0 Å². The second kappa shape index (κ2) is 11.7. The zero-order valence-corrected chi connectivity index (χ0v) is 22.2. The molecule has 5 rings (SSSR count). The summed E-state index contributed by atoms with van der Waals surface area (Å²) in [6.07, 6.45) is 8.24. The largest absolute Gasteiger partial charge is 0.506 e. The molecule has 3 aromatic rings. The minimum atomic E-state index is -0.610. The number of carbonyl (C=O) groups excluding carboxylic acids is 2. The number of carbonyl (C=O) groups is 2. The quantitative estimate of drug-likeness (QED) is 0.382. The summed E-state index contributed by atoms with van der Waals surface area (Å²) in [6, 6.07) is 17.2. The molecule has 0 radical (unpaired) electrons. The third-order valence-electron chi connectivity index (χ3n) is 6.73. The number of amides is 1. The highest BCUT2D eigenvalue weighted by Crippen LogP contribution is 2.41. The minimum Gasteiger partial charge on any atom is -0.506 e. The maximum absolute atomic E-state index is 13.1. The number of hydrogen-bond acceptors (Lipinski definition) is 6. The Kier molecular flexibility index (Phi) is 7.98. The fourth-order valence-corrected chi connectivity index (χ4v) is 5.87. The van der Waals surface area contributed by atoms with Crippen molar-refractivity contribution in [1.82, 2.24) is 9.47 Å². The first kappa shape index (κ1) is 25.9. The number of benzene rings is 2. The van der Waals surface area contributed by atoms with Gasteiger partial charge in [-0.05, 0) is 44.0 Å². The van der Waals surface area contributed by atoms with Gasteiger partial charge in [0.05, 0.1) is 17.2 Å². The van der Waals surface area contributed by atoms with E-state index in [9.17, 15) is 14.7 Å². The van der Waals surface area contributed by atoms with Crippen molar-refractivity contribution in [2.45, 2.75) is 39.2 Å². The summed E-state index contributed by atoms with van der Waals surface area (Å²) in [5.41, 5.74) is 2.53. The molecular formula is C30H31N3O4S. The van der Waals surface area contributed by atoms with Crippen LogP contribution in [0.3, 0.4) is 0 Å². The van der Waals surface area contributed by atoms with Crippen LogP contribution in [0.1, 0.15) is 38.2 Å². The van der Waals surface area contributed by atoms with Gasteiger partial charge in [0, 0.05) is 35.8 Å². The van der Waals surface area contributed by atoms with E-state index in [4.69, 9.17) is 4.74 Å². The Morgan fingerprint density at radius 1 is 1.03 bits per heavy atom. The van der Waals surface area contributed by atoms with Crippen LogP contribution in [0.5, 0.6) is 0 Å². The molecule has 0 saturated carbocycles. The lowest BCUT2D eigenvalue weighted by Gasteiger charge is -2.20. The topological polar surface area (TPSA) is 84.1 Å². The summed E-state index contributed by atoms with van der Waals surface area (Å²) < 4.78 is 7.20. The van der Waals surface area contributed by atoms with Crippen LogP contribution in [-0.2, 0) is 20.9 Å². The molecular weight excluding hydrogens is 498 g/mol. The molecule has 1 amide bonds. The highest BCUT2D eigenvalue weighted by atomic mass is 32.2. The summed E-state index contributed by atoms with van der Waals surface area (Å²) >= 11 is 1.23. The molecule has 1 fully saturated rings. The lowest BCUT2D eigenvalue weighted by atomic mass is 10.1. The van der Waals surface area contributed by atoms with Gasteiger partial charge in [-0.2, -0.15) is 0 Å². The van der Waals surface area contributed by atoms with Crippen LogP contribution >= 0.6 is 11.8 Å². The number of aromatic nitrogens is 1. The van der Waals surface area contributed by atoms with Gasteiger partial charge >= 0.3 is 5.97 Å². The van der Waals surface area contributed by atoms with Crippen LogP contribution in [0.15, 0.2) is 82.0 Å². The van der Waals surface area contributed by atoms with Gasteiger partial charge in [0.2, 0.25) is 5.91 Å². The van der Waals surface area contributed by atoms with Gasteiger partial charge in [-0.25, -0.2) is 9.79 Å². The molecule has 7 nitrogen and oxygen atoms in total. The molecule has 1 saturated heterocycles. The number of ether oxygens (including phenoxy) is 1. The normalized spacial score (nSPS) is 18.4. The van der Waals surface area contributed by atoms with E-state index in [0.29, 0.717) is 15.6 Å². The number of rotatable bonds is 6. The Balaban J connectivity index is 1.50. The highest BCUT2D eigenvalue weighted by molar-refractivity contribution is 8.18. The summed E-state index contributed by atoms with van der Waals surface area (Å²) in [6.45, 7) is 3.79. The van der Waals surface area contributed by atoms with E-state index in [0.717, 1.165) is 42.4 Å². The highest BCUT2D eigenvalue weighted by Gasteiger charge is 2.33. The van der Waals surface area contributed by atoms with Crippen molar-refractivity contribution in [3.05, 3.63) is 82.6 Å². The lowest BCUT2D eigenvalue weighted by Crippen LogP contribution is -2.34. The molecule has 3 heterocycles. The second-order valence-electron chi connectivity index (χ2n) is 9.33. The minimum absolute atomic E-state index is 0.0621. The summed E-state index contributed by atoms with van der Waals surface area (Å²) in [5.74, 6) is -0.645. The molecule has 0 atom stereocenters. The van der Waals surface area contributed by atoms with E-state index in [2.05, 4.69) is 4.99 Å². The fraction of sp³-hybridized carbons (Fsp3) is 0.300. The predicted molar refractivity (Wildman–Crippen MR) is 152 cm³/mol. The van der Waals surface area contributed by atoms with Crippen LogP contribution < -0.4 is 0 Å². The Labute approximate surface area is 226 Å². The maximum atomic E-state index is 13.1. The summed E-state index contributed by atoms with van der Waals surface area (Å²) in [4.78, 5) is 33.0. The van der Waals surface area contributed by atoms with E-state index in [-0.39, 0.29) is 30.4 Å². The van der Waals surface area contributed by atoms with Crippen molar-refractivity contribution >= 4 is 51.3 Å². The molecule has 1 N–H and O–H groups in total. The number of thioether (sulfide) groups is 1. The second-order valence-corrected chi connectivity index (χ2v) is 10.4. The van der Waals surface area contributed by atoms with Crippen molar-refractivity contribution in [2.24, 2.45) is 4.99 Å². The van der Waals surface area contributed by atoms with Gasteiger partial charge in [0.25, 0.3) is 0 Å². The van der Waals surface area contributed by atoms with E-state index in [1.807, 2.05) is 76.3 Å². The molecule has 1 aromatic heterocycles. The number of para-hydroxylation sites is 2. The van der Waals surface area contributed by atoms with Crippen molar-refractivity contribution < 1.29 is 19.4 Å². The van der Waals surface area contributed by atoms with Crippen molar-refractivity contribution in [2.75, 3.05) is 19.7 Å². The fourth-order valence-electron chi connectivity index (χ4n) is 4.84. The van der Waals surface area contributed by atoms with Crippen LogP contribution in [0.25, 0.3) is 17.0 Å². The standard InChI is InChI=1S/C30H31N3O4S/c1-2-37-30(36)27-28(35)25(38-29(27)31-22-12-6-5-7-13-22)18-21-19-33(24-15-9-8-14-23(21)24)20-26(34)32-16-10-3-4-11-17-32/h5-9,12-15,18-19,35H,2-4,10-11,16-17,20H2,1H3/b25-18-,31-29?. The van der Waals surface area contributed by atoms with E-state index in [1.165, 1.54) is 24.6 Å². The number of aliphatic imine (C=N–C) groups is 1. The van der Waals surface area contributed by atoms with Crippen molar-refractivity contribution in [3.63, 3.8) is 0 Å². The van der Waals surface area contributed by atoms with Gasteiger partial charge in [0.15, 0.2) is 0 Å². The van der Waals surface area contributed by atoms with Gasteiger partial charge in [-0.1, -0.05) is 61.0 Å². The number of aliphatic hydroxyl groups is 1. The first-order chi connectivity index (χ1) is 18.5. The number of hydrogen-bond donors (Lipinski definition) is 1. The Hall–Kier alpha value is -3.78. The third-order valence-corrected chi connectivity index (χ3v) is 7.75. The molecule has 2 aliphatic heterocycles. The SMILES string of the molecule is CCOC(=O)C1=C(O)/C(=C/c2cn(CC(=O)N3CCCCCC3)c3ccccc23)SC1=Nc1ccccc1. The maximum Gasteiger partial charge on any atom is 0.344 e. The predicted octanol–water partition coefficient (Wildman–Crippen LogP) is 6.24. The zero-order valence-electron chi connectivity index (χ0n) is 21.4. The number of likely N-dealkylation sites (tertiary alicyclic amines) is 1. The number of aliphatic hydroxyl groups excluding tert-OH is 1. The van der Waals surface area contributed by atoms with Gasteiger partial charge in [-0.3, -0.25) is 4.79 Å². The molecule has 0 spiro atoms. The van der Waals surface area contributed by atoms with Crippen LogP contribution in [0.2, 0.25) is 0 Å². The average Bonchev–Trinajstić information content (AvgIpc) is 3.25. The Morgan fingerprint density at radius 2 is 1.74 bits per heavy atom. The Morgan fingerprint density at radius 3 is 2.47 bits per heavy atom. The molecule has 196 valence electrons. The summed E-state index contributed by atoms with van der Waals surface area (Å²) in [5, 5.41) is 12.5. The first-order valence-electron chi connectivity index (χ1n) is 13.0. The van der Waals surface area contributed by atoms with Crippen molar-refractivity contribution in [1.29, 1.82) is 0 Å². The monoisotopic (exact) mass is 529 g/mol. The van der Waals surface area contributed by atoms with E-state index < -0.39 is 5.97 Å². The van der Waals surface area contributed by atoms with E-state index >= 15 is 0 Å². The van der Waals surface area contributed by atoms with Gasteiger partial charge < -0.3 is 19.3 Å². The molecule has 0 aliphatic carbocycles. The van der Waals surface area contributed by atoms with Gasteiger partial charge in [-0.15, -0.1) is 0 Å². The molecule has 2 aliphatic rings. The van der Waals surface area contributed by atoms with Gasteiger partial charge in [0.1, 0.15) is 22.9 Å². The molecule has 0 bridgehead atoms. The third kappa shape index (κ3) is 5.55. The summed E-state index contributed by atoms with van der Waals surface area (Å²) in [7, 11) is 0. The number of nitrogens with zero attached hydrogens (tertiary/aromatic N) is 3. The van der Waals surface area contributed by atoms with E-state index in [1.54, 1.807) is 6.92 Å². The lowest BCUT2D eigenvalue weighted by molar-refractivity contribution is -0.138. The number of esters is 1.